The number of ether oxygens (including phenoxy) is 1. The van der Waals surface area contributed by atoms with E-state index in [2.05, 4.69) is 26.8 Å². The summed E-state index contributed by atoms with van der Waals surface area (Å²) >= 11 is 1.56. The SMILES string of the molecule is CCCCCCCC[C@@H]1CC[C@@H]2[C@@H]3CC=C4C[C@@H](SC(=O)[C@@H](C)Oc5ccccc5)CC[C@]4(C)[C@H]3CC[C@]12C. The normalized spacial score (nSPS) is 36.3. The molecule has 0 amide bonds. The highest BCUT2D eigenvalue weighted by atomic mass is 32.2. The standard InChI is InChI=1S/C36H54O2S/c1-5-6-7-8-9-11-14-27-18-20-32-31-19-17-28-25-30(21-23-36(28,4)33(31)22-24-35(27,32)3)39-34(37)26(2)38-29-15-12-10-13-16-29/h10,12-13,15-17,26-27,30-33H,5-9,11,14,18-25H2,1-4H3/t26-,27-,30+,31+,32-,33+,35-,36+/m1/s1. The minimum absolute atomic E-state index is 0.178. The molecular formula is C36H54O2S. The van der Waals surface area contributed by atoms with Crippen molar-refractivity contribution in [2.24, 2.45) is 34.5 Å². The smallest absolute Gasteiger partial charge is 0.229 e. The summed E-state index contributed by atoms with van der Waals surface area (Å²) < 4.78 is 5.93. The fourth-order valence-corrected chi connectivity index (χ4v) is 10.6. The topological polar surface area (TPSA) is 26.3 Å². The largest absolute Gasteiger partial charge is 0.482 e. The van der Waals surface area contributed by atoms with Gasteiger partial charge in [-0.2, -0.15) is 0 Å². The predicted octanol–water partition coefficient (Wildman–Crippen LogP) is 10.4. The van der Waals surface area contributed by atoms with E-state index in [-0.39, 0.29) is 5.12 Å². The molecule has 1 aromatic rings. The Morgan fingerprint density at radius 3 is 2.54 bits per heavy atom. The number of allylic oxidation sites excluding steroid dienone is 2. The molecule has 0 saturated heterocycles. The summed E-state index contributed by atoms with van der Waals surface area (Å²) in [5, 5.41) is 0.578. The number of thioether (sulfide) groups is 1. The van der Waals surface area contributed by atoms with Crippen molar-refractivity contribution < 1.29 is 9.53 Å². The number of unbranched alkanes of at least 4 members (excludes halogenated alkanes) is 5. The van der Waals surface area contributed by atoms with Gasteiger partial charge in [0.25, 0.3) is 0 Å². The lowest BCUT2D eigenvalue weighted by atomic mass is 9.47. The molecule has 5 rings (SSSR count). The van der Waals surface area contributed by atoms with Crippen molar-refractivity contribution in [3.05, 3.63) is 42.0 Å². The van der Waals surface area contributed by atoms with Crippen molar-refractivity contribution in [1.29, 1.82) is 0 Å². The first kappa shape index (κ1) is 29.3. The van der Waals surface area contributed by atoms with E-state index < -0.39 is 6.10 Å². The Balaban J connectivity index is 1.16. The van der Waals surface area contributed by atoms with E-state index in [1.54, 1.807) is 17.3 Å². The Labute approximate surface area is 243 Å². The first-order valence-electron chi connectivity index (χ1n) is 16.5. The summed E-state index contributed by atoms with van der Waals surface area (Å²) in [4.78, 5) is 13.0. The molecule has 1 aromatic carbocycles. The zero-order chi connectivity index (χ0) is 27.5. The summed E-state index contributed by atoms with van der Waals surface area (Å²) in [5.41, 5.74) is 2.62. The number of rotatable bonds is 11. The third-order valence-electron chi connectivity index (χ3n) is 11.8. The quantitative estimate of drug-likeness (QED) is 0.202. The van der Waals surface area contributed by atoms with E-state index in [4.69, 9.17) is 4.74 Å². The van der Waals surface area contributed by atoms with Crippen LogP contribution in [0.4, 0.5) is 0 Å². The van der Waals surface area contributed by atoms with Crippen LogP contribution in [-0.4, -0.2) is 16.5 Å². The molecule has 8 atom stereocenters. The van der Waals surface area contributed by atoms with Gasteiger partial charge >= 0.3 is 0 Å². The van der Waals surface area contributed by atoms with E-state index in [1.165, 1.54) is 83.5 Å². The van der Waals surface area contributed by atoms with E-state index in [0.717, 1.165) is 42.3 Å². The van der Waals surface area contributed by atoms with Crippen molar-refractivity contribution in [1.82, 2.24) is 0 Å². The highest BCUT2D eigenvalue weighted by Gasteiger charge is 2.58. The molecule has 39 heavy (non-hydrogen) atoms. The zero-order valence-electron chi connectivity index (χ0n) is 25.3. The van der Waals surface area contributed by atoms with Gasteiger partial charge in [-0.1, -0.05) is 101 Å². The predicted molar refractivity (Wildman–Crippen MR) is 166 cm³/mol. The molecule has 0 radical (unpaired) electrons. The lowest BCUT2D eigenvalue weighted by Crippen LogP contribution is -2.50. The third-order valence-corrected chi connectivity index (χ3v) is 13.1. The minimum atomic E-state index is -0.405. The van der Waals surface area contributed by atoms with Crippen molar-refractivity contribution in [3.63, 3.8) is 0 Å². The van der Waals surface area contributed by atoms with Crippen LogP contribution in [0.3, 0.4) is 0 Å². The molecule has 3 fully saturated rings. The minimum Gasteiger partial charge on any atom is -0.482 e. The van der Waals surface area contributed by atoms with Gasteiger partial charge in [0.2, 0.25) is 5.12 Å². The van der Waals surface area contributed by atoms with E-state index in [9.17, 15) is 4.79 Å². The van der Waals surface area contributed by atoms with Gasteiger partial charge in [-0.25, -0.2) is 0 Å². The number of para-hydroxylation sites is 1. The highest BCUT2D eigenvalue weighted by Crippen LogP contribution is 2.67. The molecule has 0 aliphatic heterocycles. The van der Waals surface area contributed by atoms with Crippen LogP contribution in [0.1, 0.15) is 124 Å². The summed E-state index contributed by atoms with van der Waals surface area (Å²) in [6.45, 7) is 9.52. The first-order valence-corrected chi connectivity index (χ1v) is 17.3. The van der Waals surface area contributed by atoms with Crippen molar-refractivity contribution in [2.75, 3.05) is 0 Å². The maximum absolute atomic E-state index is 13.0. The third kappa shape index (κ3) is 6.19. The average molecular weight is 551 g/mol. The Hall–Kier alpha value is -1.22. The maximum atomic E-state index is 13.0. The second kappa shape index (κ2) is 12.7. The van der Waals surface area contributed by atoms with Crippen molar-refractivity contribution in [3.8, 4) is 5.75 Å². The van der Waals surface area contributed by atoms with Crippen LogP contribution in [0.5, 0.6) is 5.75 Å². The Morgan fingerprint density at radius 1 is 0.974 bits per heavy atom. The van der Waals surface area contributed by atoms with Crippen LogP contribution < -0.4 is 4.74 Å². The lowest BCUT2D eigenvalue weighted by Gasteiger charge is -2.58. The first-order chi connectivity index (χ1) is 18.8. The van der Waals surface area contributed by atoms with Gasteiger partial charge in [0.15, 0.2) is 6.10 Å². The maximum Gasteiger partial charge on any atom is 0.229 e. The monoisotopic (exact) mass is 550 g/mol. The van der Waals surface area contributed by atoms with Crippen LogP contribution in [0, 0.1) is 34.5 Å². The van der Waals surface area contributed by atoms with Gasteiger partial charge in [0.05, 0.1) is 0 Å². The molecule has 3 heteroatoms. The molecule has 2 nitrogen and oxygen atoms in total. The van der Waals surface area contributed by atoms with Crippen molar-refractivity contribution in [2.45, 2.75) is 135 Å². The van der Waals surface area contributed by atoms with E-state index in [0.29, 0.717) is 16.1 Å². The molecule has 4 aliphatic carbocycles. The fourth-order valence-electron chi connectivity index (χ4n) is 9.49. The molecule has 0 bridgehead atoms. The molecule has 0 N–H and O–H groups in total. The van der Waals surface area contributed by atoms with E-state index >= 15 is 0 Å². The van der Waals surface area contributed by atoms with Crippen LogP contribution in [-0.2, 0) is 4.79 Å². The number of fused-ring (bicyclic) bond motifs is 5. The molecule has 0 unspecified atom stereocenters. The van der Waals surface area contributed by atoms with Gasteiger partial charge in [-0.3, -0.25) is 4.79 Å². The Bertz CT molecular complexity index is 987. The number of benzene rings is 1. The number of hydrogen-bond donors (Lipinski definition) is 0. The molecule has 3 saturated carbocycles. The summed E-state index contributed by atoms with van der Waals surface area (Å²) in [6.07, 6.45) is 22.9. The lowest BCUT2D eigenvalue weighted by molar-refractivity contribution is -0.116. The summed E-state index contributed by atoms with van der Waals surface area (Å²) in [7, 11) is 0. The Kier molecular flexibility index (Phi) is 9.57. The van der Waals surface area contributed by atoms with Crippen molar-refractivity contribution >= 4 is 16.9 Å². The number of hydrogen-bond acceptors (Lipinski definition) is 3. The number of carbonyl (C=O) groups excluding carboxylic acids is 1. The van der Waals surface area contributed by atoms with Gasteiger partial charge < -0.3 is 4.74 Å². The van der Waals surface area contributed by atoms with E-state index in [1.807, 2.05) is 37.3 Å². The van der Waals surface area contributed by atoms with Crippen LogP contribution >= 0.6 is 11.8 Å². The molecule has 0 aromatic heterocycles. The second-order valence-corrected chi connectivity index (χ2v) is 15.3. The van der Waals surface area contributed by atoms with Crippen LogP contribution in [0.15, 0.2) is 42.0 Å². The summed E-state index contributed by atoms with van der Waals surface area (Å²) in [6, 6.07) is 9.75. The number of carbonyl (C=O) groups is 1. The fraction of sp³-hybridized carbons (Fsp3) is 0.750. The second-order valence-electron chi connectivity index (χ2n) is 14.0. The summed E-state index contributed by atoms with van der Waals surface area (Å²) in [5.74, 6) is 4.41. The molecular weight excluding hydrogens is 496 g/mol. The zero-order valence-corrected chi connectivity index (χ0v) is 26.1. The molecule has 4 aliphatic rings. The van der Waals surface area contributed by atoms with Gasteiger partial charge in [0, 0.05) is 5.25 Å². The van der Waals surface area contributed by atoms with Crippen LogP contribution in [0.25, 0.3) is 0 Å². The highest BCUT2D eigenvalue weighted by molar-refractivity contribution is 8.14. The van der Waals surface area contributed by atoms with Gasteiger partial charge in [-0.05, 0) is 111 Å². The van der Waals surface area contributed by atoms with Gasteiger partial charge in [0.1, 0.15) is 5.75 Å². The van der Waals surface area contributed by atoms with Gasteiger partial charge in [-0.15, -0.1) is 0 Å². The molecule has 216 valence electrons. The van der Waals surface area contributed by atoms with Crippen LogP contribution in [0.2, 0.25) is 0 Å². The molecule has 0 spiro atoms. The average Bonchev–Trinajstić information content (AvgIpc) is 3.27. The Morgan fingerprint density at radius 2 is 1.74 bits per heavy atom. The molecule has 0 heterocycles.